The molecule has 2 atom stereocenters. The molecule has 0 saturated carbocycles. The fraction of sp³-hybridized carbons (Fsp3) is 0.469. The number of allylic oxidation sites excluding steroid dienone is 5. The number of rotatable bonds is 13. The molecule has 0 fully saturated rings. The van der Waals surface area contributed by atoms with Crippen LogP contribution in [0.25, 0.3) is 6.08 Å². The Morgan fingerprint density at radius 1 is 1.21 bits per heavy atom. The molecular formula is C32H47FN7O2+. The zero-order valence-electron chi connectivity index (χ0n) is 25.8. The normalized spacial score (nSPS) is 16.7. The zero-order chi connectivity index (χ0) is 30.8. The first kappa shape index (κ1) is 32.8. The molecule has 0 saturated heterocycles. The summed E-state index contributed by atoms with van der Waals surface area (Å²) >= 11 is 0. The predicted molar refractivity (Wildman–Crippen MR) is 168 cm³/mol. The molecule has 1 aliphatic carbocycles. The minimum absolute atomic E-state index is 0.239. The van der Waals surface area contributed by atoms with Crippen molar-refractivity contribution < 1.29 is 18.8 Å². The quantitative estimate of drug-likeness (QED) is 0.112. The predicted octanol–water partition coefficient (Wildman–Crippen LogP) is 5.18. The van der Waals surface area contributed by atoms with Gasteiger partial charge in [0.25, 0.3) is 5.82 Å². The molecule has 2 aromatic heterocycles. The van der Waals surface area contributed by atoms with E-state index in [0.29, 0.717) is 37.4 Å². The van der Waals surface area contributed by atoms with E-state index in [1.54, 1.807) is 0 Å². The highest BCUT2D eigenvalue weighted by molar-refractivity contribution is 6.07. The molecule has 7 N–H and O–H groups in total. The van der Waals surface area contributed by atoms with E-state index in [0.717, 1.165) is 47.5 Å². The number of hydrogen-bond acceptors (Lipinski definition) is 6. The molecule has 42 heavy (non-hydrogen) atoms. The van der Waals surface area contributed by atoms with Gasteiger partial charge in [-0.05, 0) is 56.4 Å². The van der Waals surface area contributed by atoms with Crippen LogP contribution >= 0.6 is 0 Å². The van der Waals surface area contributed by atoms with Gasteiger partial charge >= 0.3 is 0 Å². The number of hydrogen-bond donors (Lipinski definition) is 4. The van der Waals surface area contributed by atoms with E-state index in [9.17, 15) is 4.39 Å². The number of H-pyrrole nitrogens is 3. The SMILES string of the molecule is CC\C=C/C(=N\C=C\F)c1c[nH+]c(CCc2c(C(N)(COCC)C(C)O/C(=N\N)C(C)(C)C)[nH]c3c2CC=CC=C3)[nH]1. The van der Waals surface area contributed by atoms with Crippen LogP contribution in [0.3, 0.4) is 0 Å². The number of ether oxygens (including phenoxy) is 2. The average Bonchev–Trinajstić information content (AvgIpc) is 3.50. The zero-order valence-corrected chi connectivity index (χ0v) is 25.8. The fourth-order valence-electron chi connectivity index (χ4n) is 4.86. The molecule has 2 aromatic rings. The molecule has 2 heterocycles. The third-order valence-corrected chi connectivity index (χ3v) is 7.22. The lowest BCUT2D eigenvalue weighted by molar-refractivity contribution is -0.388. The first-order valence-corrected chi connectivity index (χ1v) is 14.6. The highest BCUT2D eigenvalue weighted by atomic mass is 19.1. The Balaban J connectivity index is 2.02. The Morgan fingerprint density at radius 2 is 2.00 bits per heavy atom. The van der Waals surface area contributed by atoms with Gasteiger partial charge in [0.1, 0.15) is 29.9 Å². The molecule has 0 spiro atoms. The Hall–Kier alpha value is -3.76. The number of imidazole rings is 1. The number of halogens is 1. The van der Waals surface area contributed by atoms with E-state index >= 15 is 0 Å². The van der Waals surface area contributed by atoms with Crippen molar-refractivity contribution in [1.82, 2.24) is 9.97 Å². The number of nitrogens with zero attached hydrogens (tertiary/aromatic N) is 2. The van der Waals surface area contributed by atoms with Crippen LogP contribution in [0.4, 0.5) is 4.39 Å². The number of nitrogens with one attached hydrogen (secondary N) is 3. The number of aromatic nitrogens is 3. The first-order valence-electron chi connectivity index (χ1n) is 14.6. The summed E-state index contributed by atoms with van der Waals surface area (Å²) in [4.78, 5) is 14.6. The topological polar surface area (TPSA) is 141 Å². The van der Waals surface area contributed by atoms with Crippen molar-refractivity contribution in [3.63, 3.8) is 0 Å². The lowest BCUT2D eigenvalue weighted by atomic mass is 9.85. The number of aryl methyl sites for hydroxylation is 1. The van der Waals surface area contributed by atoms with Crippen LogP contribution in [-0.2, 0) is 34.3 Å². The molecule has 0 bridgehead atoms. The third-order valence-electron chi connectivity index (χ3n) is 7.22. The Kier molecular flexibility index (Phi) is 11.6. The second kappa shape index (κ2) is 14.9. The van der Waals surface area contributed by atoms with E-state index in [1.165, 1.54) is 5.56 Å². The molecular weight excluding hydrogens is 533 g/mol. The van der Waals surface area contributed by atoms with Gasteiger partial charge in [0.05, 0.1) is 19.2 Å². The summed E-state index contributed by atoms with van der Waals surface area (Å²) in [7, 11) is 0. The van der Waals surface area contributed by atoms with Crippen LogP contribution in [0.5, 0.6) is 0 Å². The van der Waals surface area contributed by atoms with Gasteiger partial charge in [-0.1, -0.05) is 52.0 Å². The van der Waals surface area contributed by atoms with E-state index in [-0.39, 0.29) is 6.61 Å². The summed E-state index contributed by atoms with van der Waals surface area (Å²) in [5, 5.41) is 3.94. The lowest BCUT2D eigenvalue weighted by Gasteiger charge is -2.37. The van der Waals surface area contributed by atoms with Gasteiger partial charge in [-0.3, -0.25) is 0 Å². The monoisotopic (exact) mass is 580 g/mol. The van der Waals surface area contributed by atoms with Crippen molar-refractivity contribution in [3.05, 3.63) is 83.1 Å². The molecule has 0 amide bonds. The Morgan fingerprint density at radius 3 is 2.67 bits per heavy atom. The minimum Gasteiger partial charge on any atom is -0.474 e. The molecule has 2 unspecified atom stereocenters. The van der Waals surface area contributed by atoms with Gasteiger partial charge in [-0.15, -0.1) is 5.10 Å². The maximum absolute atomic E-state index is 12.7. The molecule has 3 rings (SSSR count). The van der Waals surface area contributed by atoms with Crippen LogP contribution < -0.4 is 16.6 Å². The number of hydrazone groups is 1. The smallest absolute Gasteiger partial charge is 0.252 e. The molecule has 1 aliphatic rings. The highest BCUT2D eigenvalue weighted by Gasteiger charge is 2.42. The van der Waals surface area contributed by atoms with Crippen LogP contribution in [-0.4, -0.2) is 40.9 Å². The van der Waals surface area contributed by atoms with Crippen molar-refractivity contribution in [1.29, 1.82) is 0 Å². The summed E-state index contributed by atoms with van der Waals surface area (Å²) < 4.78 is 25.0. The first-order chi connectivity index (χ1) is 20.1. The average molecular weight is 581 g/mol. The van der Waals surface area contributed by atoms with E-state index in [2.05, 4.69) is 37.2 Å². The van der Waals surface area contributed by atoms with E-state index < -0.39 is 17.1 Å². The summed E-state index contributed by atoms with van der Waals surface area (Å²) in [6.45, 7) is 12.6. The second-order valence-corrected chi connectivity index (χ2v) is 11.4. The number of aromatic amines is 3. The van der Waals surface area contributed by atoms with Gasteiger partial charge in [-0.25, -0.2) is 19.4 Å². The van der Waals surface area contributed by atoms with Crippen LogP contribution in [0, 0.1) is 5.41 Å². The van der Waals surface area contributed by atoms with Crippen molar-refractivity contribution in [2.24, 2.45) is 27.1 Å². The maximum Gasteiger partial charge on any atom is 0.252 e. The standard InChI is InChI=1S/C32H46FN7O2/c1-7-9-14-26(36-19-18-33)27-20-37-28(38-27)17-16-24-23-13-11-10-12-15-25(23)39-29(24)32(34,21-41-8-2)22(3)42-30(40-35)31(4,5)6/h9-12,14-15,18-20,22,39H,7-8,13,16-17,21,34-35H2,1-6H3,(H,37,38)/p+1/b14-9-,19-18+,36-26+,40-30-. The maximum atomic E-state index is 12.7. The number of aliphatic imine (C=N–C) groups is 1. The second-order valence-electron chi connectivity index (χ2n) is 11.4. The van der Waals surface area contributed by atoms with Crippen LogP contribution in [0.2, 0.25) is 0 Å². The summed E-state index contributed by atoms with van der Waals surface area (Å²) in [5.41, 5.74) is 11.4. The van der Waals surface area contributed by atoms with Gasteiger partial charge in [0, 0.05) is 23.4 Å². The number of fused-ring (bicyclic) bond motifs is 1. The van der Waals surface area contributed by atoms with Crippen LogP contribution in [0.15, 0.2) is 59.2 Å². The Labute approximate surface area is 248 Å². The molecule has 0 aliphatic heterocycles. The fourth-order valence-corrected chi connectivity index (χ4v) is 4.86. The summed E-state index contributed by atoms with van der Waals surface area (Å²) in [5.74, 6) is 7.06. The van der Waals surface area contributed by atoms with Gasteiger partial charge in [-0.2, -0.15) is 0 Å². The summed E-state index contributed by atoms with van der Waals surface area (Å²) in [6.07, 6.45) is 18.0. The van der Waals surface area contributed by atoms with E-state index in [4.69, 9.17) is 21.1 Å². The van der Waals surface area contributed by atoms with Gasteiger partial charge < -0.3 is 26.0 Å². The van der Waals surface area contributed by atoms with Gasteiger partial charge in [0.15, 0.2) is 5.69 Å². The molecule has 228 valence electrons. The third kappa shape index (κ3) is 7.95. The molecule has 9 nitrogen and oxygen atoms in total. The minimum atomic E-state index is -1.02. The van der Waals surface area contributed by atoms with Crippen molar-refractivity contribution >= 4 is 17.7 Å². The Bertz CT molecular complexity index is 1360. The van der Waals surface area contributed by atoms with Crippen molar-refractivity contribution in [3.8, 4) is 0 Å². The molecule has 0 aromatic carbocycles. The lowest BCUT2D eigenvalue weighted by Crippen LogP contribution is -2.53. The van der Waals surface area contributed by atoms with Crippen LogP contribution in [0.1, 0.15) is 82.0 Å². The van der Waals surface area contributed by atoms with Crippen molar-refractivity contribution in [2.45, 2.75) is 78.9 Å². The van der Waals surface area contributed by atoms with E-state index in [1.807, 2.05) is 72.0 Å². The van der Waals surface area contributed by atoms with Gasteiger partial charge in [0.2, 0.25) is 5.90 Å². The number of nitrogens with two attached hydrogens (primary N) is 2. The largest absolute Gasteiger partial charge is 0.474 e. The highest BCUT2D eigenvalue weighted by Crippen LogP contribution is 2.35. The molecule has 10 heteroatoms. The summed E-state index contributed by atoms with van der Waals surface area (Å²) in [6, 6.07) is 0. The molecule has 0 radical (unpaired) electrons. The van der Waals surface area contributed by atoms with Crippen molar-refractivity contribution in [2.75, 3.05) is 13.2 Å².